The zero-order valence-electron chi connectivity index (χ0n) is 9.82. The third-order valence-electron chi connectivity index (χ3n) is 2.46. The van der Waals surface area contributed by atoms with E-state index in [0.29, 0.717) is 11.6 Å². The monoisotopic (exact) mass is 374 g/mol. The van der Waals surface area contributed by atoms with Crippen molar-refractivity contribution in [3.05, 3.63) is 56.6 Å². The van der Waals surface area contributed by atoms with Gasteiger partial charge in [-0.15, -0.1) is 0 Å². The lowest BCUT2D eigenvalue weighted by Gasteiger charge is -2.11. The third-order valence-corrected chi connectivity index (χ3v) is 3.59. The summed E-state index contributed by atoms with van der Waals surface area (Å²) < 4.78 is 12.1. The Kier molecular flexibility index (Phi) is 4.72. The summed E-state index contributed by atoms with van der Waals surface area (Å²) in [6.45, 7) is 0.434. The van der Waals surface area contributed by atoms with Crippen molar-refractivity contribution >= 4 is 34.2 Å². The average molecular weight is 375 g/mol. The van der Waals surface area contributed by atoms with Gasteiger partial charge in [-0.3, -0.25) is 0 Å². The summed E-state index contributed by atoms with van der Waals surface area (Å²) in [6.07, 6.45) is 0. The van der Waals surface area contributed by atoms with Crippen molar-refractivity contribution in [1.82, 2.24) is 0 Å². The number of benzene rings is 2. The van der Waals surface area contributed by atoms with E-state index < -0.39 is 0 Å². The summed E-state index contributed by atoms with van der Waals surface area (Å²) in [6, 6.07) is 13.4. The van der Waals surface area contributed by atoms with Gasteiger partial charge in [-0.05, 0) is 52.9 Å². The summed E-state index contributed by atoms with van der Waals surface area (Å²) in [5, 5.41) is 0.678. The van der Waals surface area contributed by atoms with Crippen molar-refractivity contribution in [1.29, 1.82) is 0 Å². The van der Waals surface area contributed by atoms with Gasteiger partial charge in [-0.25, -0.2) is 0 Å². The quantitative estimate of drug-likeness (QED) is 0.732. The minimum atomic E-state index is 0.434. The van der Waals surface area contributed by atoms with Gasteiger partial charge >= 0.3 is 0 Å². The fraction of sp³-hybridized carbons (Fsp3) is 0.143. The molecule has 4 heteroatoms. The molecule has 0 aliphatic heterocycles. The summed E-state index contributed by atoms with van der Waals surface area (Å²) >= 11 is 8.22. The Hall–Kier alpha value is -0.940. The van der Waals surface area contributed by atoms with E-state index in [9.17, 15) is 0 Å². The standard InChI is InChI=1S/C14H12ClIO2/c1-17-13-7-6-11(15)8-10(13)9-18-14-5-3-2-4-12(14)16/h2-8H,9H2,1H3. The van der Waals surface area contributed by atoms with Crippen LogP contribution >= 0.6 is 34.2 Å². The van der Waals surface area contributed by atoms with Crippen molar-refractivity contribution in [2.45, 2.75) is 6.61 Å². The molecule has 0 saturated heterocycles. The Balaban J connectivity index is 2.15. The highest BCUT2D eigenvalue weighted by Gasteiger charge is 2.06. The van der Waals surface area contributed by atoms with Gasteiger partial charge in [0.05, 0.1) is 10.7 Å². The van der Waals surface area contributed by atoms with E-state index in [1.165, 1.54) is 0 Å². The Morgan fingerprint density at radius 2 is 1.89 bits per heavy atom. The van der Waals surface area contributed by atoms with Gasteiger partial charge in [0.1, 0.15) is 18.1 Å². The average Bonchev–Trinajstić information content (AvgIpc) is 2.38. The SMILES string of the molecule is COc1ccc(Cl)cc1COc1ccccc1I. The molecule has 0 bridgehead atoms. The molecule has 2 aromatic carbocycles. The third kappa shape index (κ3) is 3.29. The molecular weight excluding hydrogens is 363 g/mol. The number of hydrogen-bond acceptors (Lipinski definition) is 2. The fourth-order valence-corrected chi connectivity index (χ4v) is 2.32. The van der Waals surface area contributed by atoms with E-state index in [-0.39, 0.29) is 0 Å². The smallest absolute Gasteiger partial charge is 0.133 e. The van der Waals surface area contributed by atoms with Crippen LogP contribution in [-0.2, 0) is 6.61 Å². The summed E-state index contributed by atoms with van der Waals surface area (Å²) in [7, 11) is 1.64. The molecule has 0 fully saturated rings. The second kappa shape index (κ2) is 6.29. The molecule has 0 saturated carbocycles. The molecule has 0 aromatic heterocycles. The van der Waals surface area contributed by atoms with Gasteiger partial charge in [0.15, 0.2) is 0 Å². The second-order valence-corrected chi connectivity index (χ2v) is 5.27. The zero-order chi connectivity index (χ0) is 13.0. The number of rotatable bonds is 4. The molecule has 2 rings (SSSR count). The number of halogens is 2. The molecule has 2 aromatic rings. The van der Waals surface area contributed by atoms with Crippen LogP contribution in [0.15, 0.2) is 42.5 Å². The van der Waals surface area contributed by atoms with E-state index in [1.807, 2.05) is 36.4 Å². The molecule has 0 radical (unpaired) electrons. The largest absolute Gasteiger partial charge is 0.496 e. The minimum absolute atomic E-state index is 0.434. The number of ether oxygens (including phenoxy) is 2. The summed E-state index contributed by atoms with van der Waals surface area (Å²) in [4.78, 5) is 0. The molecule has 0 amide bonds. The first-order valence-corrected chi connectivity index (χ1v) is 6.86. The lowest BCUT2D eigenvalue weighted by molar-refractivity contribution is 0.294. The maximum atomic E-state index is 5.97. The zero-order valence-corrected chi connectivity index (χ0v) is 12.7. The van der Waals surface area contributed by atoms with Crippen molar-refractivity contribution < 1.29 is 9.47 Å². The fourth-order valence-electron chi connectivity index (χ4n) is 1.58. The number of methoxy groups -OCH3 is 1. The molecule has 0 spiro atoms. The molecule has 2 nitrogen and oxygen atoms in total. The molecule has 0 atom stereocenters. The van der Waals surface area contributed by atoms with Crippen molar-refractivity contribution in [2.75, 3.05) is 7.11 Å². The Morgan fingerprint density at radius 3 is 2.61 bits per heavy atom. The van der Waals surface area contributed by atoms with Crippen LogP contribution in [-0.4, -0.2) is 7.11 Å². The Morgan fingerprint density at radius 1 is 1.11 bits per heavy atom. The van der Waals surface area contributed by atoms with Crippen LogP contribution < -0.4 is 9.47 Å². The van der Waals surface area contributed by atoms with Crippen LogP contribution in [0.4, 0.5) is 0 Å². The predicted octanol–water partition coefficient (Wildman–Crippen LogP) is 4.53. The maximum Gasteiger partial charge on any atom is 0.133 e. The Bertz CT molecular complexity index is 543. The molecular formula is C14H12ClIO2. The lowest BCUT2D eigenvalue weighted by Crippen LogP contribution is -1.99. The molecule has 18 heavy (non-hydrogen) atoms. The van der Waals surface area contributed by atoms with Gasteiger partial charge in [0.2, 0.25) is 0 Å². The highest BCUT2D eigenvalue weighted by atomic mass is 127. The highest BCUT2D eigenvalue weighted by molar-refractivity contribution is 14.1. The highest BCUT2D eigenvalue weighted by Crippen LogP contribution is 2.26. The van der Waals surface area contributed by atoms with Crippen molar-refractivity contribution in [3.63, 3.8) is 0 Å². The first-order valence-electron chi connectivity index (χ1n) is 5.40. The molecule has 0 aliphatic carbocycles. The normalized spacial score (nSPS) is 10.2. The van der Waals surface area contributed by atoms with Gasteiger partial charge in [-0.1, -0.05) is 23.7 Å². The van der Waals surface area contributed by atoms with E-state index in [0.717, 1.165) is 20.6 Å². The second-order valence-electron chi connectivity index (χ2n) is 3.68. The van der Waals surface area contributed by atoms with Gasteiger partial charge in [0.25, 0.3) is 0 Å². The minimum Gasteiger partial charge on any atom is -0.496 e. The molecule has 0 heterocycles. The van der Waals surface area contributed by atoms with Crippen LogP contribution in [0.5, 0.6) is 11.5 Å². The topological polar surface area (TPSA) is 18.5 Å². The number of hydrogen-bond donors (Lipinski definition) is 0. The first kappa shape index (κ1) is 13.5. The van der Waals surface area contributed by atoms with Gasteiger partial charge in [-0.2, -0.15) is 0 Å². The van der Waals surface area contributed by atoms with Crippen molar-refractivity contribution in [3.8, 4) is 11.5 Å². The lowest BCUT2D eigenvalue weighted by atomic mass is 10.2. The van der Waals surface area contributed by atoms with Crippen LogP contribution in [0.25, 0.3) is 0 Å². The van der Waals surface area contributed by atoms with E-state index >= 15 is 0 Å². The van der Waals surface area contributed by atoms with Crippen LogP contribution in [0.2, 0.25) is 5.02 Å². The predicted molar refractivity (Wildman–Crippen MR) is 81.5 cm³/mol. The van der Waals surface area contributed by atoms with Crippen LogP contribution in [0.3, 0.4) is 0 Å². The van der Waals surface area contributed by atoms with E-state index in [4.69, 9.17) is 21.1 Å². The summed E-state index contributed by atoms with van der Waals surface area (Å²) in [5.41, 5.74) is 0.935. The van der Waals surface area contributed by atoms with Crippen molar-refractivity contribution in [2.24, 2.45) is 0 Å². The summed E-state index contributed by atoms with van der Waals surface area (Å²) in [5.74, 6) is 1.64. The van der Waals surface area contributed by atoms with Gasteiger partial charge < -0.3 is 9.47 Å². The number of para-hydroxylation sites is 1. The molecule has 0 unspecified atom stereocenters. The molecule has 0 aliphatic rings. The van der Waals surface area contributed by atoms with E-state index in [2.05, 4.69) is 22.6 Å². The van der Waals surface area contributed by atoms with Gasteiger partial charge in [0, 0.05) is 10.6 Å². The maximum absolute atomic E-state index is 5.97. The molecule has 94 valence electrons. The Labute approximate surface area is 125 Å². The van der Waals surface area contributed by atoms with Crippen LogP contribution in [0, 0.1) is 3.57 Å². The van der Waals surface area contributed by atoms with Crippen LogP contribution in [0.1, 0.15) is 5.56 Å². The van der Waals surface area contributed by atoms with E-state index in [1.54, 1.807) is 13.2 Å². The molecule has 0 N–H and O–H groups in total. The first-order chi connectivity index (χ1) is 8.70.